The minimum absolute atomic E-state index is 0.0696. The molecule has 0 saturated heterocycles. The summed E-state index contributed by atoms with van der Waals surface area (Å²) in [5.74, 6) is 0.786. The van der Waals surface area contributed by atoms with Crippen molar-refractivity contribution >= 4 is 16.7 Å². The predicted octanol–water partition coefficient (Wildman–Crippen LogP) is 4.21. The van der Waals surface area contributed by atoms with Gasteiger partial charge in [0.2, 0.25) is 5.60 Å². The standard InChI is InChI=1S/C21H13NO4/c22-11-12-5-8-18(15-4-2-1-3-14(12)15)25-13-6-7-16-17-10-21(17,20(23)24)26-19(16)9-13/h1-9,17H,10H2,(H,23,24). The molecule has 5 heteroatoms. The molecule has 2 atom stereocenters. The Morgan fingerprint density at radius 3 is 2.77 bits per heavy atom. The van der Waals surface area contributed by atoms with Crippen LogP contribution in [0.25, 0.3) is 10.8 Å². The molecular weight excluding hydrogens is 330 g/mol. The quantitative estimate of drug-likeness (QED) is 0.771. The van der Waals surface area contributed by atoms with E-state index in [2.05, 4.69) is 6.07 Å². The molecule has 1 fully saturated rings. The number of carboxylic acid groups (broad SMARTS) is 1. The number of aliphatic carboxylic acids is 1. The van der Waals surface area contributed by atoms with Crippen LogP contribution in [0.4, 0.5) is 0 Å². The summed E-state index contributed by atoms with van der Waals surface area (Å²) in [5, 5.41) is 20.3. The molecular formula is C21H13NO4. The zero-order chi connectivity index (χ0) is 17.9. The maximum Gasteiger partial charge on any atom is 0.348 e. The molecule has 3 aromatic carbocycles. The molecule has 0 aromatic heterocycles. The molecule has 3 aromatic rings. The molecule has 2 aliphatic rings. The number of carbonyl (C=O) groups is 1. The third-order valence-electron chi connectivity index (χ3n) is 5.16. The molecule has 0 spiro atoms. The van der Waals surface area contributed by atoms with Gasteiger partial charge < -0.3 is 14.6 Å². The molecule has 1 heterocycles. The van der Waals surface area contributed by atoms with Crippen LogP contribution in [0.5, 0.6) is 17.2 Å². The van der Waals surface area contributed by atoms with E-state index in [-0.39, 0.29) is 5.92 Å². The Balaban J connectivity index is 1.51. The first-order chi connectivity index (χ1) is 12.6. The van der Waals surface area contributed by atoms with Crippen LogP contribution >= 0.6 is 0 Å². The molecule has 1 N–H and O–H groups in total. The van der Waals surface area contributed by atoms with Crippen molar-refractivity contribution in [2.24, 2.45) is 0 Å². The number of nitrogens with zero attached hydrogens (tertiary/aromatic N) is 1. The van der Waals surface area contributed by atoms with Gasteiger partial charge >= 0.3 is 5.97 Å². The van der Waals surface area contributed by atoms with E-state index in [9.17, 15) is 15.2 Å². The van der Waals surface area contributed by atoms with E-state index >= 15 is 0 Å². The molecule has 5 rings (SSSR count). The van der Waals surface area contributed by atoms with Gasteiger partial charge in [-0.05, 0) is 18.2 Å². The van der Waals surface area contributed by atoms with Crippen molar-refractivity contribution in [1.29, 1.82) is 5.26 Å². The Hall–Kier alpha value is -3.52. The van der Waals surface area contributed by atoms with Crippen molar-refractivity contribution in [1.82, 2.24) is 0 Å². The van der Waals surface area contributed by atoms with Gasteiger partial charge in [0.05, 0.1) is 11.6 Å². The van der Waals surface area contributed by atoms with Crippen molar-refractivity contribution in [2.45, 2.75) is 17.9 Å². The fourth-order valence-electron chi connectivity index (χ4n) is 3.73. The molecule has 5 nitrogen and oxygen atoms in total. The van der Waals surface area contributed by atoms with Gasteiger partial charge in [-0.1, -0.05) is 30.3 Å². The average molecular weight is 343 g/mol. The van der Waals surface area contributed by atoms with Crippen LogP contribution in [-0.2, 0) is 4.79 Å². The van der Waals surface area contributed by atoms with E-state index in [4.69, 9.17) is 9.47 Å². The third-order valence-corrected chi connectivity index (χ3v) is 5.16. The monoisotopic (exact) mass is 343 g/mol. The summed E-state index contributed by atoms with van der Waals surface area (Å²) < 4.78 is 11.7. The smallest absolute Gasteiger partial charge is 0.348 e. The third kappa shape index (κ3) is 1.93. The van der Waals surface area contributed by atoms with Crippen molar-refractivity contribution in [3.8, 4) is 23.3 Å². The highest BCUT2D eigenvalue weighted by Crippen LogP contribution is 2.62. The lowest BCUT2D eigenvalue weighted by Crippen LogP contribution is -2.28. The minimum Gasteiger partial charge on any atom is -0.478 e. The van der Waals surface area contributed by atoms with Crippen LogP contribution in [-0.4, -0.2) is 16.7 Å². The number of benzene rings is 3. The highest BCUT2D eigenvalue weighted by molar-refractivity contribution is 5.93. The molecule has 26 heavy (non-hydrogen) atoms. The zero-order valence-electron chi connectivity index (χ0n) is 13.6. The topological polar surface area (TPSA) is 79.5 Å². The first kappa shape index (κ1) is 14.8. The molecule has 1 saturated carbocycles. The maximum absolute atomic E-state index is 11.4. The van der Waals surface area contributed by atoms with Crippen molar-refractivity contribution in [3.05, 3.63) is 65.7 Å². The average Bonchev–Trinajstić information content (AvgIpc) is 3.29. The van der Waals surface area contributed by atoms with Crippen LogP contribution in [0.3, 0.4) is 0 Å². The number of fused-ring (bicyclic) bond motifs is 4. The summed E-state index contributed by atoms with van der Waals surface area (Å²) in [6, 6.07) is 18.7. The maximum atomic E-state index is 11.4. The van der Waals surface area contributed by atoms with Gasteiger partial charge in [-0.25, -0.2) is 4.79 Å². The second-order valence-corrected chi connectivity index (χ2v) is 6.62. The molecule has 0 amide bonds. The van der Waals surface area contributed by atoms with Gasteiger partial charge in [0.1, 0.15) is 17.2 Å². The van der Waals surface area contributed by atoms with Crippen molar-refractivity contribution in [2.75, 3.05) is 0 Å². The predicted molar refractivity (Wildman–Crippen MR) is 93.5 cm³/mol. The van der Waals surface area contributed by atoms with Crippen LogP contribution in [0.15, 0.2) is 54.6 Å². The summed E-state index contributed by atoms with van der Waals surface area (Å²) in [4.78, 5) is 11.4. The fourth-order valence-corrected chi connectivity index (χ4v) is 3.73. The number of ether oxygens (including phenoxy) is 2. The number of rotatable bonds is 3. The number of hydrogen-bond donors (Lipinski definition) is 1. The lowest BCUT2D eigenvalue weighted by atomic mass is 10.0. The minimum atomic E-state index is -1.08. The van der Waals surface area contributed by atoms with E-state index in [1.807, 2.05) is 36.4 Å². The molecule has 1 aliphatic heterocycles. The Morgan fingerprint density at radius 2 is 2.00 bits per heavy atom. The summed E-state index contributed by atoms with van der Waals surface area (Å²) in [7, 11) is 0. The molecule has 1 aliphatic carbocycles. The molecule has 0 radical (unpaired) electrons. The first-order valence-electron chi connectivity index (χ1n) is 8.28. The summed E-state index contributed by atoms with van der Waals surface area (Å²) >= 11 is 0. The Kier molecular flexibility index (Phi) is 2.84. The zero-order valence-corrected chi connectivity index (χ0v) is 13.6. The van der Waals surface area contributed by atoms with Gasteiger partial charge in [-0.15, -0.1) is 0 Å². The normalized spacial score (nSPS) is 22.0. The molecule has 126 valence electrons. The van der Waals surface area contributed by atoms with E-state index in [0.717, 1.165) is 16.3 Å². The van der Waals surface area contributed by atoms with Crippen LogP contribution in [0.1, 0.15) is 23.5 Å². The van der Waals surface area contributed by atoms with Gasteiger partial charge in [-0.2, -0.15) is 5.26 Å². The lowest BCUT2D eigenvalue weighted by Gasteiger charge is -2.13. The largest absolute Gasteiger partial charge is 0.478 e. The SMILES string of the molecule is N#Cc1ccc(Oc2ccc3c(c2)OC2(C(=O)O)CC32)c2ccccc12. The summed E-state index contributed by atoms with van der Waals surface area (Å²) in [5.41, 5.74) is 0.431. The van der Waals surface area contributed by atoms with E-state index < -0.39 is 11.6 Å². The second kappa shape index (κ2) is 4.99. The van der Waals surface area contributed by atoms with Gasteiger partial charge in [-0.3, -0.25) is 0 Å². The van der Waals surface area contributed by atoms with Gasteiger partial charge in [0, 0.05) is 34.7 Å². The summed E-state index contributed by atoms with van der Waals surface area (Å²) in [6.07, 6.45) is 0.524. The second-order valence-electron chi connectivity index (χ2n) is 6.62. The van der Waals surface area contributed by atoms with E-state index in [1.165, 1.54) is 0 Å². The first-order valence-corrected chi connectivity index (χ1v) is 8.28. The van der Waals surface area contributed by atoms with Crippen LogP contribution < -0.4 is 9.47 Å². The molecule has 2 unspecified atom stereocenters. The number of nitriles is 1. The highest BCUT2D eigenvalue weighted by Gasteiger charge is 2.68. The van der Waals surface area contributed by atoms with E-state index in [1.54, 1.807) is 18.2 Å². The molecule has 0 bridgehead atoms. The van der Waals surface area contributed by atoms with E-state index in [0.29, 0.717) is 29.2 Å². The number of hydrogen-bond acceptors (Lipinski definition) is 4. The summed E-state index contributed by atoms with van der Waals surface area (Å²) in [6.45, 7) is 0. The Morgan fingerprint density at radius 1 is 1.19 bits per heavy atom. The van der Waals surface area contributed by atoms with Crippen LogP contribution in [0, 0.1) is 11.3 Å². The fraction of sp³-hybridized carbons (Fsp3) is 0.143. The highest BCUT2D eigenvalue weighted by atomic mass is 16.5. The van der Waals surface area contributed by atoms with Crippen molar-refractivity contribution in [3.63, 3.8) is 0 Å². The number of carboxylic acids is 1. The van der Waals surface area contributed by atoms with Crippen LogP contribution in [0.2, 0.25) is 0 Å². The Bertz CT molecular complexity index is 1130. The van der Waals surface area contributed by atoms with Gasteiger partial charge in [0.15, 0.2) is 0 Å². The lowest BCUT2D eigenvalue weighted by molar-refractivity contribution is -0.146. The van der Waals surface area contributed by atoms with Crippen molar-refractivity contribution < 1.29 is 19.4 Å². The van der Waals surface area contributed by atoms with Gasteiger partial charge in [0.25, 0.3) is 0 Å². The Labute approximate surface area is 149 Å².